The van der Waals surface area contributed by atoms with Crippen LogP contribution in [0, 0.1) is 5.41 Å². The number of amides is 1. The maximum absolute atomic E-state index is 13.4. The molecule has 6 rings (SSSR count). The van der Waals surface area contributed by atoms with E-state index in [0.717, 1.165) is 48.0 Å². The molecule has 13 heteroatoms. The fourth-order valence-corrected chi connectivity index (χ4v) is 6.00. The summed E-state index contributed by atoms with van der Waals surface area (Å²) in [5, 5.41) is 22.6. The second-order valence-corrected chi connectivity index (χ2v) is 11.5. The van der Waals surface area contributed by atoms with E-state index < -0.39 is 17.5 Å². The van der Waals surface area contributed by atoms with Crippen LogP contribution in [0.25, 0.3) is 16.6 Å². The molecule has 216 valence electrons. The average Bonchev–Trinajstić information content (AvgIpc) is 3.45. The normalized spacial score (nSPS) is 23.7. The Morgan fingerprint density at radius 1 is 1.23 bits per heavy atom. The summed E-state index contributed by atoms with van der Waals surface area (Å²) in [5.41, 5.74) is 1.42. The molecule has 3 aromatic rings. The smallest absolute Gasteiger partial charge is 0.393 e. The number of carbonyl (C=O) groups is 1. The van der Waals surface area contributed by atoms with Crippen LogP contribution in [0.1, 0.15) is 63.1 Å². The number of nitrogens with one attached hydrogen (secondary N) is 1. The molecule has 40 heavy (non-hydrogen) atoms. The van der Waals surface area contributed by atoms with E-state index in [4.69, 9.17) is 9.84 Å². The van der Waals surface area contributed by atoms with Gasteiger partial charge in [-0.15, -0.1) is 5.10 Å². The van der Waals surface area contributed by atoms with Gasteiger partial charge in [0.2, 0.25) is 11.9 Å². The number of ether oxygens (including phenoxy) is 1. The summed E-state index contributed by atoms with van der Waals surface area (Å²) in [6.45, 7) is 2.91. The van der Waals surface area contributed by atoms with E-state index in [1.54, 1.807) is 24.2 Å². The molecule has 2 saturated carbocycles. The van der Waals surface area contributed by atoms with Crippen molar-refractivity contribution in [2.45, 2.75) is 75.7 Å². The molecular weight excluding hydrogens is 527 g/mol. The van der Waals surface area contributed by atoms with E-state index in [1.807, 2.05) is 17.6 Å². The summed E-state index contributed by atoms with van der Waals surface area (Å²) in [5.74, 6) is -0.0994. The first-order valence-electron chi connectivity index (χ1n) is 13.8. The number of rotatable bonds is 8. The van der Waals surface area contributed by atoms with Crippen LogP contribution in [-0.2, 0) is 9.53 Å². The fourth-order valence-electron chi connectivity index (χ4n) is 6.00. The lowest BCUT2D eigenvalue weighted by Crippen LogP contribution is -2.55. The number of fused-ring (bicyclic) bond motifs is 1. The first kappa shape index (κ1) is 27.0. The van der Waals surface area contributed by atoms with Crippen LogP contribution in [0.4, 0.5) is 19.1 Å². The van der Waals surface area contributed by atoms with Gasteiger partial charge in [0.05, 0.1) is 36.7 Å². The molecule has 0 bridgehead atoms. The van der Waals surface area contributed by atoms with Crippen LogP contribution in [0.2, 0.25) is 0 Å². The van der Waals surface area contributed by atoms with Gasteiger partial charge in [0.25, 0.3) is 0 Å². The number of aromatic nitrogens is 5. The molecule has 0 radical (unpaired) electrons. The standard InChI is InChI=1S/C27H34F3N7O3/c1-16(15-40-2)33-25-31-11-23-21(9-22(37(23)34-25)17-3-5-20(38)6-4-17)18-10-32-36(12-18)19-13-35(14-19)24(39)26(7-8-26)27(28,29)30/h9-12,16-17,19-20,38H,3-8,13-15H2,1-2H3,(H,33,34)/t16-,17?,20?/m0/s1. The summed E-state index contributed by atoms with van der Waals surface area (Å²) in [4.78, 5) is 18.4. The zero-order valence-corrected chi connectivity index (χ0v) is 22.6. The quantitative estimate of drug-likeness (QED) is 0.431. The molecule has 4 heterocycles. The predicted molar refractivity (Wildman–Crippen MR) is 140 cm³/mol. The molecule has 2 aliphatic carbocycles. The predicted octanol–water partition coefficient (Wildman–Crippen LogP) is 3.78. The van der Waals surface area contributed by atoms with Crippen molar-refractivity contribution < 1.29 is 27.8 Å². The Morgan fingerprint density at radius 3 is 2.60 bits per heavy atom. The number of hydrogen-bond acceptors (Lipinski definition) is 7. The van der Waals surface area contributed by atoms with Gasteiger partial charge in [0.1, 0.15) is 5.41 Å². The van der Waals surface area contributed by atoms with E-state index in [-0.39, 0.29) is 50.0 Å². The highest BCUT2D eigenvalue weighted by Crippen LogP contribution is 2.59. The number of aliphatic hydroxyl groups is 1. The van der Waals surface area contributed by atoms with Crippen LogP contribution >= 0.6 is 0 Å². The Bertz CT molecular complexity index is 1390. The Balaban J connectivity index is 1.24. The number of halogens is 3. The van der Waals surface area contributed by atoms with Crippen LogP contribution in [0.3, 0.4) is 0 Å². The van der Waals surface area contributed by atoms with Crippen molar-refractivity contribution in [3.63, 3.8) is 0 Å². The molecule has 0 unspecified atom stereocenters. The molecule has 1 amide bonds. The summed E-state index contributed by atoms with van der Waals surface area (Å²) in [7, 11) is 1.64. The van der Waals surface area contributed by atoms with Crippen LogP contribution in [0.15, 0.2) is 24.7 Å². The maximum Gasteiger partial charge on any atom is 0.403 e. The second-order valence-electron chi connectivity index (χ2n) is 11.5. The van der Waals surface area contributed by atoms with Gasteiger partial charge >= 0.3 is 6.18 Å². The molecule has 1 saturated heterocycles. The van der Waals surface area contributed by atoms with Crippen molar-refractivity contribution in [2.75, 3.05) is 32.1 Å². The molecule has 1 aliphatic heterocycles. The number of nitrogens with zero attached hydrogens (tertiary/aromatic N) is 6. The van der Waals surface area contributed by atoms with Gasteiger partial charge in [-0.05, 0) is 51.5 Å². The lowest BCUT2D eigenvalue weighted by molar-refractivity contribution is -0.201. The van der Waals surface area contributed by atoms with E-state index in [2.05, 4.69) is 21.5 Å². The molecule has 1 atom stereocenters. The third-order valence-corrected chi connectivity index (χ3v) is 8.59. The monoisotopic (exact) mass is 561 g/mol. The van der Waals surface area contributed by atoms with Crippen molar-refractivity contribution >= 4 is 17.4 Å². The van der Waals surface area contributed by atoms with Gasteiger partial charge in [-0.1, -0.05) is 0 Å². The molecule has 3 fully saturated rings. The molecule has 10 nitrogen and oxygen atoms in total. The summed E-state index contributed by atoms with van der Waals surface area (Å²) in [6.07, 6.45) is 3.52. The number of likely N-dealkylation sites (tertiary alicyclic amines) is 1. The highest BCUT2D eigenvalue weighted by Gasteiger charge is 2.70. The SMILES string of the molecule is COC[C@H](C)Nc1ncc2c(-c3cnn(C4CN(C(=O)C5(C(F)(F)F)CC5)C4)c3)cc(C3CCC(O)CC3)n2n1. The number of hydrogen-bond donors (Lipinski definition) is 2. The number of alkyl halides is 3. The maximum atomic E-state index is 13.4. The van der Waals surface area contributed by atoms with Gasteiger partial charge in [-0.3, -0.25) is 9.48 Å². The van der Waals surface area contributed by atoms with Gasteiger partial charge in [-0.2, -0.15) is 18.3 Å². The average molecular weight is 562 g/mol. The number of carbonyl (C=O) groups excluding carboxylic acids is 1. The molecule has 0 aromatic carbocycles. The molecular formula is C27H34F3N7O3. The fraction of sp³-hybridized carbons (Fsp3) is 0.630. The minimum absolute atomic E-state index is 0.0174. The minimum Gasteiger partial charge on any atom is -0.393 e. The topological polar surface area (TPSA) is 110 Å². The van der Waals surface area contributed by atoms with Crippen molar-refractivity contribution in [2.24, 2.45) is 5.41 Å². The third-order valence-electron chi connectivity index (χ3n) is 8.59. The zero-order valence-electron chi connectivity index (χ0n) is 22.6. The van der Waals surface area contributed by atoms with Crippen molar-refractivity contribution in [1.82, 2.24) is 29.3 Å². The molecule has 3 aliphatic rings. The number of methoxy groups -OCH3 is 1. The van der Waals surface area contributed by atoms with Crippen LogP contribution in [-0.4, -0.2) is 85.4 Å². The Labute approximate surface area is 229 Å². The lowest BCUT2D eigenvalue weighted by Gasteiger charge is -2.41. The third kappa shape index (κ3) is 4.72. The van der Waals surface area contributed by atoms with Crippen LogP contribution in [0.5, 0.6) is 0 Å². The van der Waals surface area contributed by atoms with Crippen molar-refractivity contribution in [3.05, 3.63) is 30.4 Å². The summed E-state index contributed by atoms with van der Waals surface area (Å²) in [6, 6.07) is 1.94. The highest BCUT2D eigenvalue weighted by atomic mass is 19.4. The first-order valence-corrected chi connectivity index (χ1v) is 13.8. The van der Waals surface area contributed by atoms with E-state index in [0.29, 0.717) is 12.6 Å². The van der Waals surface area contributed by atoms with E-state index in [1.165, 1.54) is 4.90 Å². The number of anilines is 1. The van der Waals surface area contributed by atoms with Gasteiger partial charge in [0.15, 0.2) is 0 Å². The zero-order chi connectivity index (χ0) is 28.2. The molecule has 0 spiro atoms. The van der Waals surface area contributed by atoms with E-state index in [9.17, 15) is 23.1 Å². The molecule has 3 aromatic heterocycles. The largest absolute Gasteiger partial charge is 0.403 e. The van der Waals surface area contributed by atoms with Crippen molar-refractivity contribution in [1.29, 1.82) is 0 Å². The minimum atomic E-state index is -4.50. The number of aliphatic hydroxyl groups excluding tert-OH is 1. The Morgan fingerprint density at radius 2 is 1.95 bits per heavy atom. The van der Waals surface area contributed by atoms with Crippen LogP contribution < -0.4 is 5.32 Å². The van der Waals surface area contributed by atoms with Crippen molar-refractivity contribution in [3.8, 4) is 11.1 Å². The second kappa shape index (κ2) is 10.0. The van der Waals surface area contributed by atoms with Gasteiger partial charge in [-0.25, -0.2) is 9.50 Å². The Hall–Kier alpha value is -3.19. The van der Waals surface area contributed by atoms with Gasteiger partial charge < -0.3 is 20.1 Å². The highest BCUT2D eigenvalue weighted by molar-refractivity contribution is 5.87. The molecule has 2 N–H and O–H groups in total. The summed E-state index contributed by atoms with van der Waals surface area (Å²) < 4.78 is 49.0. The Kier molecular flexibility index (Phi) is 6.76. The first-order chi connectivity index (χ1) is 19.1. The van der Waals surface area contributed by atoms with E-state index >= 15 is 0 Å². The van der Waals surface area contributed by atoms with Gasteiger partial charge in [0, 0.05) is 55.2 Å². The summed E-state index contributed by atoms with van der Waals surface area (Å²) >= 11 is 0. The lowest BCUT2D eigenvalue weighted by atomic mass is 9.85.